The van der Waals surface area contributed by atoms with Crippen LogP contribution in [0.2, 0.25) is 0 Å². The third-order valence-electron chi connectivity index (χ3n) is 1.72. The molecule has 0 radical (unpaired) electrons. The molecule has 1 unspecified atom stereocenters. The zero-order valence-corrected chi connectivity index (χ0v) is 10.2. The minimum absolute atomic E-state index is 0.116. The summed E-state index contributed by atoms with van der Waals surface area (Å²) in [6, 6.07) is -0.991. The number of hydrogen-bond donors (Lipinski definition) is 2. The normalized spacial score (nSPS) is 13.7. The number of amides is 1. The average molecular weight is 249 g/mol. The van der Waals surface area contributed by atoms with Crippen molar-refractivity contribution in [2.75, 3.05) is 12.9 Å². The second-order valence-corrected chi connectivity index (χ2v) is 4.46. The molecule has 2 N–H and O–H groups in total. The van der Waals surface area contributed by atoms with Crippen LogP contribution in [0.3, 0.4) is 0 Å². The van der Waals surface area contributed by atoms with E-state index in [2.05, 4.69) is 10.1 Å². The minimum Gasteiger partial charge on any atom is -0.480 e. The first kappa shape index (κ1) is 14.8. The van der Waals surface area contributed by atoms with Crippen LogP contribution >= 0.6 is 11.8 Å². The molecule has 0 saturated heterocycles. The second-order valence-electron chi connectivity index (χ2n) is 3.09. The van der Waals surface area contributed by atoms with Crippen LogP contribution in [0.5, 0.6) is 0 Å². The lowest BCUT2D eigenvalue weighted by Gasteiger charge is -2.14. The summed E-state index contributed by atoms with van der Waals surface area (Å²) in [5.41, 5.74) is 0. The molecular formula is C9H15NO5S. The van der Waals surface area contributed by atoms with E-state index in [-0.39, 0.29) is 5.75 Å². The van der Waals surface area contributed by atoms with Crippen molar-refractivity contribution >= 4 is 29.6 Å². The standard InChI is InChI=1S/C9H15NO5S/c1-5(9(14)15-3)16-4-7(8(12)13)10-6(2)11/h5,7H,4H2,1-3H3,(H,10,11)(H,12,13)/t5?,7-/m0/s1. The van der Waals surface area contributed by atoms with Crippen LogP contribution in [-0.4, -0.2) is 47.1 Å². The molecule has 7 heteroatoms. The average Bonchev–Trinajstić information content (AvgIpc) is 2.21. The fraction of sp³-hybridized carbons (Fsp3) is 0.667. The van der Waals surface area contributed by atoms with Crippen LogP contribution in [0.4, 0.5) is 0 Å². The Balaban J connectivity index is 4.16. The van der Waals surface area contributed by atoms with Gasteiger partial charge < -0.3 is 15.2 Å². The van der Waals surface area contributed by atoms with Crippen molar-refractivity contribution in [1.82, 2.24) is 5.32 Å². The van der Waals surface area contributed by atoms with Crippen molar-refractivity contribution in [2.45, 2.75) is 25.1 Å². The highest BCUT2D eigenvalue weighted by Crippen LogP contribution is 2.13. The zero-order valence-electron chi connectivity index (χ0n) is 9.35. The number of thioether (sulfide) groups is 1. The highest BCUT2D eigenvalue weighted by Gasteiger charge is 2.22. The highest BCUT2D eigenvalue weighted by molar-refractivity contribution is 8.00. The molecule has 0 fully saturated rings. The first-order chi connectivity index (χ1) is 7.38. The summed E-state index contributed by atoms with van der Waals surface area (Å²) >= 11 is 1.12. The number of nitrogens with one attached hydrogen (secondary N) is 1. The Bertz CT molecular complexity index is 281. The molecule has 0 aliphatic rings. The maximum Gasteiger partial charge on any atom is 0.327 e. The third kappa shape index (κ3) is 5.59. The summed E-state index contributed by atoms with van der Waals surface area (Å²) in [6.07, 6.45) is 0. The smallest absolute Gasteiger partial charge is 0.327 e. The Morgan fingerprint density at radius 1 is 1.44 bits per heavy atom. The van der Waals surface area contributed by atoms with Gasteiger partial charge in [-0.15, -0.1) is 11.8 Å². The largest absolute Gasteiger partial charge is 0.480 e. The summed E-state index contributed by atoms with van der Waals surface area (Å²) < 4.78 is 4.49. The first-order valence-corrected chi connectivity index (χ1v) is 5.62. The number of hydrogen-bond acceptors (Lipinski definition) is 5. The van der Waals surface area contributed by atoms with Crippen LogP contribution in [0.15, 0.2) is 0 Å². The third-order valence-corrected chi connectivity index (χ3v) is 2.94. The van der Waals surface area contributed by atoms with E-state index >= 15 is 0 Å². The van der Waals surface area contributed by atoms with E-state index in [1.807, 2.05) is 0 Å². The van der Waals surface area contributed by atoms with Crippen molar-refractivity contribution in [2.24, 2.45) is 0 Å². The molecule has 0 aromatic carbocycles. The molecule has 6 nitrogen and oxygen atoms in total. The van der Waals surface area contributed by atoms with Crippen LogP contribution in [-0.2, 0) is 19.1 Å². The molecule has 92 valence electrons. The fourth-order valence-corrected chi connectivity index (χ4v) is 1.83. The van der Waals surface area contributed by atoms with Gasteiger partial charge >= 0.3 is 11.9 Å². The number of carbonyl (C=O) groups excluding carboxylic acids is 2. The molecule has 0 aromatic heterocycles. The summed E-state index contributed by atoms with van der Waals surface area (Å²) in [6.45, 7) is 2.85. The second kappa shape index (κ2) is 7.10. The number of methoxy groups -OCH3 is 1. The van der Waals surface area contributed by atoms with E-state index in [9.17, 15) is 14.4 Å². The number of esters is 1. The number of carboxylic acid groups (broad SMARTS) is 1. The maximum atomic E-state index is 11.0. The van der Waals surface area contributed by atoms with E-state index in [1.165, 1.54) is 14.0 Å². The van der Waals surface area contributed by atoms with Gasteiger partial charge in [-0.05, 0) is 6.92 Å². The summed E-state index contributed by atoms with van der Waals surface area (Å²) in [5, 5.41) is 10.6. The number of aliphatic carboxylic acids is 1. The molecule has 2 atom stereocenters. The first-order valence-electron chi connectivity index (χ1n) is 4.57. The summed E-state index contributed by atoms with van der Waals surface area (Å²) in [5.74, 6) is -1.85. The monoisotopic (exact) mass is 249 g/mol. The van der Waals surface area contributed by atoms with Gasteiger partial charge in [-0.2, -0.15) is 0 Å². The Kier molecular flexibility index (Phi) is 6.55. The van der Waals surface area contributed by atoms with Gasteiger partial charge in [0.05, 0.1) is 12.4 Å². The van der Waals surface area contributed by atoms with E-state index < -0.39 is 29.1 Å². The van der Waals surface area contributed by atoms with E-state index in [4.69, 9.17) is 5.11 Å². The lowest BCUT2D eigenvalue weighted by atomic mass is 10.3. The van der Waals surface area contributed by atoms with Gasteiger partial charge in [-0.25, -0.2) is 4.79 Å². The topological polar surface area (TPSA) is 92.7 Å². The molecule has 1 amide bonds. The van der Waals surface area contributed by atoms with Crippen molar-refractivity contribution < 1.29 is 24.2 Å². The van der Waals surface area contributed by atoms with Gasteiger partial charge in [0.1, 0.15) is 6.04 Å². The predicted octanol–water partition coefficient (Wildman–Crippen LogP) is -0.130. The lowest BCUT2D eigenvalue weighted by molar-refractivity contribution is -0.141. The quantitative estimate of drug-likeness (QED) is 0.637. The van der Waals surface area contributed by atoms with Gasteiger partial charge in [0, 0.05) is 12.7 Å². The number of rotatable bonds is 6. The van der Waals surface area contributed by atoms with Crippen LogP contribution in [0, 0.1) is 0 Å². The molecule has 0 aromatic rings. The Labute approximate surface area is 97.7 Å². The van der Waals surface area contributed by atoms with Gasteiger partial charge in [0.15, 0.2) is 0 Å². The SMILES string of the molecule is COC(=O)C(C)SC[C@H](NC(C)=O)C(=O)O. The van der Waals surface area contributed by atoms with Gasteiger partial charge in [0.2, 0.25) is 5.91 Å². The van der Waals surface area contributed by atoms with E-state index in [1.54, 1.807) is 6.92 Å². The van der Waals surface area contributed by atoms with E-state index in [0.717, 1.165) is 11.8 Å². The lowest BCUT2D eigenvalue weighted by Crippen LogP contribution is -2.42. The van der Waals surface area contributed by atoms with Crippen LogP contribution in [0.25, 0.3) is 0 Å². The Morgan fingerprint density at radius 2 is 2.00 bits per heavy atom. The summed E-state index contributed by atoms with van der Waals surface area (Å²) in [4.78, 5) is 32.5. The number of ether oxygens (including phenoxy) is 1. The molecule has 16 heavy (non-hydrogen) atoms. The zero-order chi connectivity index (χ0) is 12.7. The molecule has 0 saturated carbocycles. The maximum absolute atomic E-state index is 11.0. The molecule has 0 aliphatic carbocycles. The predicted molar refractivity (Wildman–Crippen MR) is 59.2 cm³/mol. The molecule has 0 spiro atoms. The molecule has 0 heterocycles. The number of carbonyl (C=O) groups is 3. The van der Waals surface area contributed by atoms with Crippen LogP contribution in [0.1, 0.15) is 13.8 Å². The Hall–Kier alpha value is -1.24. The van der Waals surface area contributed by atoms with Crippen molar-refractivity contribution in [3.63, 3.8) is 0 Å². The molecule has 0 aliphatic heterocycles. The minimum atomic E-state index is -1.13. The van der Waals surface area contributed by atoms with Crippen molar-refractivity contribution in [1.29, 1.82) is 0 Å². The summed E-state index contributed by atoms with van der Waals surface area (Å²) in [7, 11) is 1.27. The van der Waals surface area contributed by atoms with Gasteiger partial charge in [-0.3, -0.25) is 9.59 Å². The van der Waals surface area contributed by atoms with Crippen molar-refractivity contribution in [3.8, 4) is 0 Å². The van der Waals surface area contributed by atoms with Crippen molar-refractivity contribution in [3.05, 3.63) is 0 Å². The molecule has 0 bridgehead atoms. The molecule has 0 rings (SSSR count). The Morgan fingerprint density at radius 3 is 2.38 bits per heavy atom. The number of carboxylic acids is 1. The fourth-order valence-electron chi connectivity index (χ4n) is 0.895. The van der Waals surface area contributed by atoms with Crippen LogP contribution < -0.4 is 5.32 Å². The van der Waals surface area contributed by atoms with Gasteiger partial charge in [0.25, 0.3) is 0 Å². The molecular weight excluding hydrogens is 234 g/mol. The van der Waals surface area contributed by atoms with E-state index in [0.29, 0.717) is 0 Å². The van der Waals surface area contributed by atoms with Gasteiger partial charge in [-0.1, -0.05) is 0 Å². The highest BCUT2D eigenvalue weighted by atomic mass is 32.2.